The molecule has 0 aromatic heterocycles. The number of benzene rings is 2. The van der Waals surface area contributed by atoms with Crippen LogP contribution in [0.2, 0.25) is 0 Å². The predicted molar refractivity (Wildman–Crippen MR) is 111 cm³/mol. The molecule has 2 aromatic carbocycles. The minimum Gasteiger partial charge on any atom is -0.490 e. The van der Waals surface area contributed by atoms with Gasteiger partial charge in [0.15, 0.2) is 11.5 Å². The standard InChI is InChI=1S/C23H26N2O3/c1-4-6-12-28-21-11-10-18(15-22(21)27-5-2)14-19(16-24)23(26)25-20-9-7-8-17(3)13-20/h7-11,13-15H,4-6,12H2,1-3H3,(H,25,26). The van der Waals surface area contributed by atoms with Gasteiger partial charge in [0.1, 0.15) is 11.6 Å². The van der Waals surface area contributed by atoms with Crippen molar-refractivity contribution in [2.75, 3.05) is 18.5 Å². The molecule has 0 saturated heterocycles. The van der Waals surface area contributed by atoms with E-state index in [1.807, 2.05) is 38.1 Å². The van der Waals surface area contributed by atoms with Crippen LogP contribution in [0.5, 0.6) is 11.5 Å². The second-order valence-electron chi connectivity index (χ2n) is 6.33. The number of aryl methyl sites for hydroxylation is 1. The Morgan fingerprint density at radius 3 is 2.64 bits per heavy atom. The number of nitrogens with zero attached hydrogens (tertiary/aromatic N) is 1. The Hall–Kier alpha value is -3.26. The van der Waals surface area contributed by atoms with Gasteiger partial charge >= 0.3 is 0 Å². The van der Waals surface area contributed by atoms with Gasteiger partial charge in [-0.3, -0.25) is 4.79 Å². The predicted octanol–water partition coefficient (Wildman–Crippen LogP) is 5.12. The molecular formula is C23H26N2O3. The zero-order valence-corrected chi connectivity index (χ0v) is 16.6. The summed E-state index contributed by atoms with van der Waals surface area (Å²) in [5.41, 5.74) is 2.40. The van der Waals surface area contributed by atoms with Crippen LogP contribution in [0.25, 0.3) is 6.08 Å². The molecule has 2 rings (SSSR count). The highest BCUT2D eigenvalue weighted by molar-refractivity contribution is 6.09. The average Bonchev–Trinajstić information content (AvgIpc) is 2.68. The summed E-state index contributed by atoms with van der Waals surface area (Å²) in [6.07, 6.45) is 3.56. The van der Waals surface area contributed by atoms with Crippen molar-refractivity contribution >= 4 is 17.7 Å². The van der Waals surface area contributed by atoms with Crippen molar-refractivity contribution in [3.63, 3.8) is 0 Å². The maximum Gasteiger partial charge on any atom is 0.266 e. The van der Waals surface area contributed by atoms with Crippen molar-refractivity contribution in [1.82, 2.24) is 0 Å². The van der Waals surface area contributed by atoms with Crippen molar-refractivity contribution in [2.24, 2.45) is 0 Å². The molecule has 1 amide bonds. The molecule has 0 unspecified atom stereocenters. The van der Waals surface area contributed by atoms with Crippen LogP contribution in [0, 0.1) is 18.3 Å². The van der Waals surface area contributed by atoms with E-state index in [9.17, 15) is 10.1 Å². The van der Waals surface area contributed by atoms with E-state index in [0.29, 0.717) is 36.0 Å². The Morgan fingerprint density at radius 2 is 1.96 bits per heavy atom. The molecule has 0 heterocycles. The van der Waals surface area contributed by atoms with Gasteiger partial charge in [-0.25, -0.2) is 0 Å². The van der Waals surface area contributed by atoms with E-state index in [4.69, 9.17) is 9.47 Å². The first-order valence-electron chi connectivity index (χ1n) is 9.46. The fourth-order valence-electron chi connectivity index (χ4n) is 2.56. The number of hydrogen-bond acceptors (Lipinski definition) is 4. The van der Waals surface area contributed by atoms with Gasteiger partial charge < -0.3 is 14.8 Å². The smallest absolute Gasteiger partial charge is 0.266 e. The largest absolute Gasteiger partial charge is 0.490 e. The second kappa shape index (κ2) is 10.8. The van der Waals surface area contributed by atoms with Crippen LogP contribution >= 0.6 is 0 Å². The SMILES string of the molecule is CCCCOc1ccc(C=C(C#N)C(=O)Nc2cccc(C)c2)cc1OCC. The van der Waals surface area contributed by atoms with Gasteiger partial charge in [0.2, 0.25) is 0 Å². The van der Waals surface area contributed by atoms with Crippen molar-refractivity contribution in [3.8, 4) is 17.6 Å². The Bertz CT molecular complexity index is 882. The van der Waals surface area contributed by atoms with Crippen LogP contribution in [-0.2, 0) is 4.79 Å². The summed E-state index contributed by atoms with van der Waals surface area (Å²) >= 11 is 0. The summed E-state index contributed by atoms with van der Waals surface area (Å²) in [6.45, 7) is 7.06. The first kappa shape index (κ1) is 21.0. The molecule has 0 aliphatic rings. The van der Waals surface area contributed by atoms with Gasteiger partial charge in [0, 0.05) is 5.69 Å². The van der Waals surface area contributed by atoms with Crippen LogP contribution < -0.4 is 14.8 Å². The lowest BCUT2D eigenvalue weighted by molar-refractivity contribution is -0.112. The first-order valence-corrected chi connectivity index (χ1v) is 9.46. The topological polar surface area (TPSA) is 71.3 Å². The van der Waals surface area contributed by atoms with Crippen LogP contribution in [0.15, 0.2) is 48.0 Å². The van der Waals surface area contributed by atoms with Gasteiger partial charge in [-0.1, -0.05) is 31.5 Å². The number of carbonyl (C=O) groups excluding carboxylic acids is 1. The molecule has 1 N–H and O–H groups in total. The van der Waals surface area contributed by atoms with Crippen molar-refractivity contribution in [1.29, 1.82) is 5.26 Å². The zero-order chi connectivity index (χ0) is 20.4. The number of nitriles is 1. The Kier molecular flexibility index (Phi) is 8.11. The Morgan fingerprint density at radius 1 is 1.14 bits per heavy atom. The molecule has 0 fully saturated rings. The number of hydrogen-bond donors (Lipinski definition) is 1. The molecule has 0 aliphatic carbocycles. The Balaban J connectivity index is 2.21. The minimum atomic E-state index is -0.450. The highest BCUT2D eigenvalue weighted by atomic mass is 16.5. The molecule has 0 bridgehead atoms. The molecule has 0 radical (unpaired) electrons. The molecule has 0 atom stereocenters. The maximum absolute atomic E-state index is 12.5. The molecule has 5 nitrogen and oxygen atoms in total. The van der Waals surface area contributed by atoms with E-state index in [-0.39, 0.29) is 5.57 Å². The monoisotopic (exact) mass is 378 g/mol. The van der Waals surface area contributed by atoms with Crippen LogP contribution in [0.3, 0.4) is 0 Å². The summed E-state index contributed by atoms with van der Waals surface area (Å²) in [5.74, 6) is 0.813. The quantitative estimate of drug-likeness (QED) is 0.373. The first-order chi connectivity index (χ1) is 13.6. The molecule has 28 heavy (non-hydrogen) atoms. The van der Waals surface area contributed by atoms with E-state index in [0.717, 1.165) is 18.4 Å². The van der Waals surface area contributed by atoms with Gasteiger partial charge in [0.05, 0.1) is 13.2 Å². The van der Waals surface area contributed by atoms with E-state index >= 15 is 0 Å². The van der Waals surface area contributed by atoms with Crippen molar-refractivity contribution in [2.45, 2.75) is 33.6 Å². The number of rotatable bonds is 9. The lowest BCUT2D eigenvalue weighted by Crippen LogP contribution is -2.13. The van der Waals surface area contributed by atoms with Crippen molar-refractivity contribution in [3.05, 3.63) is 59.2 Å². The van der Waals surface area contributed by atoms with E-state index in [2.05, 4.69) is 12.2 Å². The van der Waals surface area contributed by atoms with Crippen LogP contribution in [0.1, 0.15) is 37.8 Å². The molecule has 146 valence electrons. The van der Waals surface area contributed by atoms with E-state index in [1.54, 1.807) is 30.3 Å². The third-order valence-electron chi connectivity index (χ3n) is 3.98. The lowest BCUT2D eigenvalue weighted by Gasteiger charge is -2.12. The number of unbranched alkanes of at least 4 members (excludes halogenated alkanes) is 1. The summed E-state index contributed by atoms with van der Waals surface area (Å²) < 4.78 is 11.4. The second-order valence-corrected chi connectivity index (χ2v) is 6.33. The minimum absolute atomic E-state index is 0.0172. The van der Waals surface area contributed by atoms with Gasteiger partial charge in [0.25, 0.3) is 5.91 Å². The Labute approximate surface area is 166 Å². The lowest BCUT2D eigenvalue weighted by atomic mass is 10.1. The zero-order valence-electron chi connectivity index (χ0n) is 16.6. The van der Waals surface area contributed by atoms with Crippen LogP contribution in [0.4, 0.5) is 5.69 Å². The molecule has 5 heteroatoms. The summed E-state index contributed by atoms with van der Waals surface area (Å²) in [6, 6.07) is 14.8. The number of ether oxygens (including phenoxy) is 2. The van der Waals surface area contributed by atoms with Gasteiger partial charge in [-0.05, 0) is 61.7 Å². The normalized spacial score (nSPS) is 10.9. The fraction of sp³-hybridized carbons (Fsp3) is 0.304. The van der Waals surface area contributed by atoms with Crippen molar-refractivity contribution < 1.29 is 14.3 Å². The fourth-order valence-corrected chi connectivity index (χ4v) is 2.56. The van der Waals surface area contributed by atoms with Gasteiger partial charge in [-0.2, -0.15) is 5.26 Å². The number of anilines is 1. The number of carbonyl (C=O) groups is 1. The molecule has 0 aliphatic heterocycles. The molecule has 0 saturated carbocycles. The number of amides is 1. The summed E-state index contributed by atoms with van der Waals surface area (Å²) in [4.78, 5) is 12.5. The summed E-state index contributed by atoms with van der Waals surface area (Å²) in [7, 11) is 0. The molecule has 0 spiro atoms. The molecular weight excluding hydrogens is 352 g/mol. The summed E-state index contributed by atoms with van der Waals surface area (Å²) in [5, 5.41) is 12.2. The highest BCUT2D eigenvalue weighted by Gasteiger charge is 2.11. The van der Waals surface area contributed by atoms with E-state index in [1.165, 1.54) is 0 Å². The third-order valence-corrected chi connectivity index (χ3v) is 3.98. The van der Waals surface area contributed by atoms with Gasteiger partial charge in [-0.15, -0.1) is 0 Å². The van der Waals surface area contributed by atoms with E-state index < -0.39 is 5.91 Å². The highest BCUT2D eigenvalue weighted by Crippen LogP contribution is 2.29. The van der Waals surface area contributed by atoms with Crippen LogP contribution in [-0.4, -0.2) is 19.1 Å². The number of nitrogens with one attached hydrogen (secondary N) is 1. The average molecular weight is 378 g/mol. The molecule has 2 aromatic rings. The maximum atomic E-state index is 12.5. The third kappa shape index (κ3) is 6.17.